The Bertz CT molecular complexity index is 1100. The minimum Gasteiger partial charge on any atom is -0.289 e. The zero-order chi connectivity index (χ0) is 19.7. The molecule has 0 spiro atoms. The molecule has 4 heteroatoms. The molecule has 2 nitrogen and oxygen atoms in total. The quantitative estimate of drug-likeness (QED) is 0.438. The molecule has 0 aliphatic rings. The number of ketones is 2. The molecular formula is C24H14F2O2. The Morgan fingerprint density at radius 3 is 1.25 bits per heavy atom. The van der Waals surface area contributed by atoms with E-state index in [0.29, 0.717) is 0 Å². The van der Waals surface area contributed by atoms with E-state index in [1.807, 2.05) is 24.3 Å². The summed E-state index contributed by atoms with van der Waals surface area (Å²) in [5, 5.41) is 1.62. The summed E-state index contributed by atoms with van der Waals surface area (Å²) in [4.78, 5) is 26.2. The van der Waals surface area contributed by atoms with Crippen molar-refractivity contribution >= 4 is 22.3 Å². The van der Waals surface area contributed by atoms with E-state index in [-0.39, 0.29) is 33.8 Å². The third-order valence-corrected chi connectivity index (χ3v) is 4.59. The van der Waals surface area contributed by atoms with Crippen LogP contribution in [0.1, 0.15) is 31.8 Å². The van der Waals surface area contributed by atoms with Crippen LogP contribution in [0.5, 0.6) is 0 Å². The molecule has 0 saturated carbocycles. The van der Waals surface area contributed by atoms with Gasteiger partial charge in [-0.05, 0) is 71.4 Å². The van der Waals surface area contributed by atoms with Gasteiger partial charge in [0.05, 0.1) is 0 Å². The van der Waals surface area contributed by atoms with Crippen LogP contribution in [0.25, 0.3) is 10.8 Å². The minimum atomic E-state index is -0.447. The van der Waals surface area contributed by atoms with Crippen molar-refractivity contribution in [2.75, 3.05) is 0 Å². The second-order valence-corrected chi connectivity index (χ2v) is 6.42. The number of carbonyl (C=O) groups excluding carboxylic acids is 2. The van der Waals surface area contributed by atoms with Crippen LogP contribution >= 0.6 is 0 Å². The lowest BCUT2D eigenvalue weighted by molar-refractivity contribution is 0.100. The van der Waals surface area contributed by atoms with Crippen molar-refractivity contribution in [1.29, 1.82) is 0 Å². The number of hydrogen-bond donors (Lipinski definition) is 0. The summed E-state index contributed by atoms with van der Waals surface area (Å²) in [6.45, 7) is 0. The van der Waals surface area contributed by atoms with Crippen LogP contribution in [0, 0.1) is 11.6 Å². The molecule has 0 unspecified atom stereocenters. The molecular weight excluding hydrogens is 358 g/mol. The van der Waals surface area contributed by atoms with E-state index < -0.39 is 11.6 Å². The second-order valence-electron chi connectivity index (χ2n) is 6.42. The molecule has 0 bridgehead atoms. The maximum Gasteiger partial charge on any atom is 0.193 e. The van der Waals surface area contributed by atoms with Gasteiger partial charge in [0.2, 0.25) is 0 Å². The van der Waals surface area contributed by atoms with Crippen molar-refractivity contribution in [3.63, 3.8) is 0 Å². The first-order chi connectivity index (χ1) is 13.5. The summed E-state index contributed by atoms with van der Waals surface area (Å²) in [6.07, 6.45) is 0. The van der Waals surface area contributed by atoms with E-state index in [4.69, 9.17) is 0 Å². The van der Waals surface area contributed by atoms with Gasteiger partial charge in [-0.2, -0.15) is 0 Å². The summed E-state index contributed by atoms with van der Waals surface area (Å²) in [6, 6.07) is 21.1. The summed E-state index contributed by atoms with van der Waals surface area (Å²) >= 11 is 0. The van der Waals surface area contributed by atoms with Crippen LogP contribution in [0.2, 0.25) is 0 Å². The molecule has 0 amide bonds. The predicted molar refractivity (Wildman–Crippen MR) is 104 cm³/mol. The highest BCUT2D eigenvalue weighted by Crippen LogP contribution is 2.25. The first kappa shape index (κ1) is 17.7. The van der Waals surface area contributed by atoms with Gasteiger partial charge in [-0.3, -0.25) is 9.59 Å². The number of halogens is 2. The van der Waals surface area contributed by atoms with Crippen molar-refractivity contribution in [2.45, 2.75) is 0 Å². The summed E-state index contributed by atoms with van der Waals surface area (Å²) in [5.41, 5.74) is 1.01. The van der Waals surface area contributed by atoms with Gasteiger partial charge in [0.25, 0.3) is 0 Å². The molecule has 0 radical (unpaired) electrons. The molecule has 0 atom stereocenters. The zero-order valence-electron chi connectivity index (χ0n) is 14.7. The highest BCUT2D eigenvalue weighted by atomic mass is 19.1. The molecule has 136 valence electrons. The molecule has 0 aliphatic carbocycles. The Labute approximate surface area is 160 Å². The predicted octanol–water partition coefficient (Wildman–Crippen LogP) is 5.58. The molecule has 4 rings (SSSR count). The summed E-state index contributed by atoms with van der Waals surface area (Å²) in [5.74, 6) is -1.65. The van der Waals surface area contributed by atoms with E-state index in [2.05, 4.69) is 0 Å². The lowest BCUT2D eigenvalue weighted by Gasteiger charge is -2.11. The third kappa shape index (κ3) is 3.32. The Kier molecular flexibility index (Phi) is 4.53. The Balaban J connectivity index is 1.89. The Morgan fingerprint density at radius 1 is 0.536 bits per heavy atom. The fourth-order valence-corrected chi connectivity index (χ4v) is 3.13. The number of carbonyl (C=O) groups is 2. The van der Waals surface area contributed by atoms with Crippen LogP contribution in [-0.2, 0) is 0 Å². The highest BCUT2D eigenvalue weighted by molar-refractivity contribution is 6.21. The van der Waals surface area contributed by atoms with E-state index in [1.54, 1.807) is 12.1 Å². The van der Waals surface area contributed by atoms with Gasteiger partial charge in [-0.1, -0.05) is 24.3 Å². The Morgan fingerprint density at radius 2 is 0.893 bits per heavy atom. The van der Waals surface area contributed by atoms with Crippen LogP contribution in [0.15, 0.2) is 84.9 Å². The third-order valence-electron chi connectivity index (χ3n) is 4.59. The van der Waals surface area contributed by atoms with Crippen LogP contribution in [-0.4, -0.2) is 11.6 Å². The average Bonchev–Trinajstić information content (AvgIpc) is 2.73. The molecule has 4 aromatic carbocycles. The standard InChI is InChI=1S/C24H14F2O2/c25-19-9-5-15(6-10-19)23(27)21-13-17-3-1-2-4-18(17)14-22(21)24(28)16-7-11-20(26)12-8-16/h1-14H. The van der Waals surface area contributed by atoms with Crippen molar-refractivity contribution < 1.29 is 18.4 Å². The van der Waals surface area contributed by atoms with Crippen LogP contribution in [0.3, 0.4) is 0 Å². The number of fused-ring (bicyclic) bond motifs is 1. The van der Waals surface area contributed by atoms with Gasteiger partial charge in [0, 0.05) is 22.3 Å². The summed E-state index contributed by atoms with van der Waals surface area (Å²) in [7, 11) is 0. The maximum absolute atomic E-state index is 13.2. The van der Waals surface area contributed by atoms with E-state index in [0.717, 1.165) is 10.8 Å². The van der Waals surface area contributed by atoms with Gasteiger partial charge in [-0.25, -0.2) is 8.78 Å². The van der Waals surface area contributed by atoms with E-state index >= 15 is 0 Å². The molecule has 0 N–H and O–H groups in total. The fraction of sp³-hybridized carbons (Fsp3) is 0. The fourth-order valence-electron chi connectivity index (χ4n) is 3.13. The summed E-state index contributed by atoms with van der Waals surface area (Å²) < 4.78 is 26.5. The zero-order valence-corrected chi connectivity index (χ0v) is 14.7. The van der Waals surface area contributed by atoms with Gasteiger partial charge in [0.1, 0.15) is 11.6 Å². The normalized spacial score (nSPS) is 10.8. The lowest BCUT2D eigenvalue weighted by Crippen LogP contribution is -2.11. The van der Waals surface area contributed by atoms with Gasteiger partial charge in [-0.15, -0.1) is 0 Å². The van der Waals surface area contributed by atoms with Crippen molar-refractivity contribution in [3.05, 3.63) is 119 Å². The number of benzene rings is 4. The van der Waals surface area contributed by atoms with Gasteiger partial charge >= 0.3 is 0 Å². The van der Waals surface area contributed by atoms with Crippen LogP contribution in [0.4, 0.5) is 8.78 Å². The molecule has 28 heavy (non-hydrogen) atoms. The average molecular weight is 372 g/mol. The second kappa shape index (κ2) is 7.16. The number of hydrogen-bond acceptors (Lipinski definition) is 2. The lowest BCUT2D eigenvalue weighted by atomic mass is 9.90. The Hall–Kier alpha value is -3.66. The van der Waals surface area contributed by atoms with Gasteiger partial charge < -0.3 is 0 Å². The molecule has 0 saturated heterocycles. The van der Waals surface area contributed by atoms with Crippen molar-refractivity contribution in [1.82, 2.24) is 0 Å². The molecule has 4 aromatic rings. The first-order valence-corrected chi connectivity index (χ1v) is 8.66. The number of rotatable bonds is 4. The SMILES string of the molecule is O=C(c1ccc(F)cc1)c1cc2ccccc2cc1C(=O)c1ccc(F)cc1. The van der Waals surface area contributed by atoms with Gasteiger partial charge in [0.15, 0.2) is 11.6 Å². The maximum atomic E-state index is 13.2. The minimum absolute atomic E-state index is 0.222. The largest absolute Gasteiger partial charge is 0.289 e. The smallest absolute Gasteiger partial charge is 0.193 e. The monoisotopic (exact) mass is 372 g/mol. The highest BCUT2D eigenvalue weighted by Gasteiger charge is 2.21. The van der Waals surface area contributed by atoms with E-state index in [9.17, 15) is 18.4 Å². The molecule has 0 aromatic heterocycles. The molecule has 0 aliphatic heterocycles. The van der Waals surface area contributed by atoms with Crippen LogP contribution < -0.4 is 0 Å². The van der Waals surface area contributed by atoms with Crippen molar-refractivity contribution in [2.24, 2.45) is 0 Å². The molecule has 0 fully saturated rings. The van der Waals surface area contributed by atoms with Crippen molar-refractivity contribution in [3.8, 4) is 0 Å². The molecule has 0 heterocycles. The topological polar surface area (TPSA) is 34.1 Å². The van der Waals surface area contributed by atoms with E-state index in [1.165, 1.54) is 48.5 Å². The first-order valence-electron chi connectivity index (χ1n) is 8.66.